The SMILES string of the molecule is CCN=CC(=CN)c1cc(Oc2ccc(NC(=O)N3CCC(C)(C)C3=O)nc2C)ccn1. The van der Waals surface area contributed by atoms with Crippen molar-refractivity contribution in [3.63, 3.8) is 0 Å². The molecule has 2 aromatic heterocycles. The van der Waals surface area contributed by atoms with Crippen molar-refractivity contribution >= 4 is 29.5 Å². The second kappa shape index (κ2) is 9.59. The van der Waals surface area contributed by atoms with E-state index in [4.69, 9.17) is 10.5 Å². The number of aliphatic imine (C=N–C) groups is 1. The van der Waals surface area contributed by atoms with E-state index in [0.717, 1.165) is 0 Å². The number of hydrogen-bond donors (Lipinski definition) is 2. The number of carbonyl (C=O) groups is 2. The highest BCUT2D eigenvalue weighted by atomic mass is 16.5. The summed E-state index contributed by atoms with van der Waals surface area (Å²) in [5.41, 5.74) is 7.07. The number of urea groups is 1. The van der Waals surface area contributed by atoms with Crippen LogP contribution in [0.2, 0.25) is 0 Å². The van der Waals surface area contributed by atoms with Crippen molar-refractivity contribution < 1.29 is 14.3 Å². The molecule has 0 radical (unpaired) electrons. The van der Waals surface area contributed by atoms with E-state index < -0.39 is 11.4 Å². The largest absolute Gasteiger partial charge is 0.455 e. The Morgan fingerprint density at radius 2 is 2.16 bits per heavy atom. The highest BCUT2D eigenvalue weighted by Gasteiger charge is 2.41. The molecule has 0 bridgehead atoms. The molecule has 2 aromatic rings. The summed E-state index contributed by atoms with van der Waals surface area (Å²) in [6.07, 6.45) is 5.38. The van der Waals surface area contributed by atoms with Gasteiger partial charge in [0.05, 0.1) is 11.4 Å². The average molecular weight is 437 g/mol. The highest BCUT2D eigenvalue weighted by Crippen LogP contribution is 2.31. The number of aromatic nitrogens is 2. The topological polar surface area (TPSA) is 123 Å². The van der Waals surface area contributed by atoms with Crippen LogP contribution >= 0.6 is 0 Å². The average Bonchev–Trinajstić information content (AvgIpc) is 3.03. The molecule has 0 aliphatic carbocycles. The number of amides is 3. The molecule has 3 rings (SSSR count). The zero-order valence-corrected chi connectivity index (χ0v) is 18.8. The molecule has 3 N–H and O–H groups in total. The summed E-state index contributed by atoms with van der Waals surface area (Å²) in [7, 11) is 0. The van der Waals surface area contributed by atoms with E-state index in [2.05, 4.69) is 20.3 Å². The zero-order chi connectivity index (χ0) is 23.3. The first-order chi connectivity index (χ1) is 15.2. The van der Waals surface area contributed by atoms with Crippen molar-refractivity contribution in [2.75, 3.05) is 18.4 Å². The van der Waals surface area contributed by atoms with E-state index in [9.17, 15) is 9.59 Å². The third-order valence-corrected chi connectivity index (χ3v) is 5.15. The van der Waals surface area contributed by atoms with Crippen LogP contribution in [0, 0.1) is 12.3 Å². The molecule has 0 spiro atoms. The van der Waals surface area contributed by atoms with E-state index in [1.54, 1.807) is 43.6 Å². The zero-order valence-electron chi connectivity index (χ0n) is 18.8. The van der Waals surface area contributed by atoms with Crippen LogP contribution in [-0.4, -0.2) is 46.1 Å². The van der Waals surface area contributed by atoms with Gasteiger partial charge in [-0.15, -0.1) is 0 Å². The van der Waals surface area contributed by atoms with Crippen LogP contribution in [-0.2, 0) is 4.79 Å². The van der Waals surface area contributed by atoms with Gasteiger partial charge in [-0.3, -0.25) is 25.0 Å². The number of nitrogens with two attached hydrogens (primary N) is 1. The smallest absolute Gasteiger partial charge is 0.329 e. The maximum atomic E-state index is 12.5. The molecular formula is C23H28N6O3. The number of carbonyl (C=O) groups excluding carboxylic acids is 2. The van der Waals surface area contributed by atoms with Gasteiger partial charge in [0.1, 0.15) is 17.3 Å². The van der Waals surface area contributed by atoms with Gasteiger partial charge in [0.15, 0.2) is 0 Å². The summed E-state index contributed by atoms with van der Waals surface area (Å²) < 4.78 is 5.96. The van der Waals surface area contributed by atoms with Gasteiger partial charge in [-0.05, 0) is 38.5 Å². The Bertz CT molecular complexity index is 1080. The summed E-state index contributed by atoms with van der Waals surface area (Å²) in [6.45, 7) is 8.42. The van der Waals surface area contributed by atoms with Crippen LogP contribution in [0.15, 0.2) is 41.7 Å². The Morgan fingerprint density at radius 1 is 1.38 bits per heavy atom. The molecule has 3 amide bonds. The van der Waals surface area contributed by atoms with E-state index in [1.807, 2.05) is 20.8 Å². The van der Waals surface area contributed by atoms with Gasteiger partial charge >= 0.3 is 6.03 Å². The predicted octanol–water partition coefficient (Wildman–Crippen LogP) is 3.76. The standard InChI is InChI=1S/C23H28N6O3/c1-5-25-14-16(13-24)18-12-17(8-10-26-18)32-19-6-7-20(27-15(19)2)28-22(31)29-11-9-23(3,4)21(29)30/h6-8,10,12-14H,5,9,11,24H2,1-4H3,(H,27,28,31). The number of pyridine rings is 2. The molecule has 1 aliphatic heterocycles. The lowest BCUT2D eigenvalue weighted by Gasteiger charge is -2.18. The van der Waals surface area contributed by atoms with Crippen LogP contribution in [0.25, 0.3) is 5.57 Å². The molecule has 1 aliphatic rings. The lowest BCUT2D eigenvalue weighted by atomic mass is 9.92. The third-order valence-electron chi connectivity index (χ3n) is 5.15. The molecule has 32 heavy (non-hydrogen) atoms. The number of anilines is 1. The lowest BCUT2D eigenvalue weighted by molar-refractivity contribution is -0.131. The number of hydrogen-bond acceptors (Lipinski definition) is 7. The first-order valence-corrected chi connectivity index (χ1v) is 10.4. The van der Waals surface area contributed by atoms with E-state index >= 15 is 0 Å². The van der Waals surface area contributed by atoms with E-state index in [1.165, 1.54) is 11.1 Å². The second-order valence-electron chi connectivity index (χ2n) is 8.03. The van der Waals surface area contributed by atoms with Crippen LogP contribution < -0.4 is 15.8 Å². The maximum absolute atomic E-state index is 12.5. The summed E-state index contributed by atoms with van der Waals surface area (Å²) in [5, 5.41) is 2.69. The Morgan fingerprint density at radius 3 is 2.78 bits per heavy atom. The Kier molecular flexibility index (Phi) is 6.87. The first kappa shape index (κ1) is 22.9. The normalized spacial score (nSPS) is 15.9. The monoisotopic (exact) mass is 436 g/mol. The van der Waals surface area contributed by atoms with E-state index in [-0.39, 0.29) is 5.91 Å². The Balaban J connectivity index is 1.71. The first-order valence-electron chi connectivity index (χ1n) is 10.4. The summed E-state index contributed by atoms with van der Waals surface area (Å²) in [4.78, 5) is 39.0. The van der Waals surface area contributed by atoms with Crippen molar-refractivity contribution in [2.45, 2.75) is 34.1 Å². The van der Waals surface area contributed by atoms with Crippen molar-refractivity contribution in [3.8, 4) is 11.5 Å². The summed E-state index contributed by atoms with van der Waals surface area (Å²) >= 11 is 0. The Labute approximate surface area is 187 Å². The number of ether oxygens (including phenoxy) is 1. The van der Waals surface area contributed by atoms with Gasteiger partial charge in [0.2, 0.25) is 5.91 Å². The van der Waals surface area contributed by atoms with Crippen LogP contribution in [0.4, 0.5) is 10.6 Å². The third kappa shape index (κ3) is 5.11. The van der Waals surface area contributed by atoms with Crippen molar-refractivity contribution in [1.29, 1.82) is 0 Å². The number of nitrogens with zero attached hydrogens (tertiary/aromatic N) is 4. The minimum Gasteiger partial charge on any atom is -0.455 e. The fourth-order valence-corrected chi connectivity index (χ4v) is 3.21. The van der Waals surface area contributed by atoms with Crippen molar-refractivity contribution in [3.05, 3.63) is 48.1 Å². The van der Waals surface area contributed by atoms with Crippen molar-refractivity contribution in [2.24, 2.45) is 16.1 Å². The molecule has 9 nitrogen and oxygen atoms in total. The van der Waals surface area contributed by atoms with Crippen molar-refractivity contribution in [1.82, 2.24) is 14.9 Å². The van der Waals surface area contributed by atoms with Gasteiger partial charge in [-0.25, -0.2) is 9.78 Å². The molecule has 3 heterocycles. The fourth-order valence-electron chi connectivity index (χ4n) is 3.21. The molecule has 1 saturated heterocycles. The predicted molar refractivity (Wildman–Crippen MR) is 124 cm³/mol. The highest BCUT2D eigenvalue weighted by molar-refractivity contribution is 6.08. The summed E-state index contributed by atoms with van der Waals surface area (Å²) in [6, 6.07) is 6.36. The van der Waals surface area contributed by atoms with Gasteiger partial charge in [-0.2, -0.15) is 0 Å². The number of nitrogens with one attached hydrogen (secondary N) is 1. The van der Waals surface area contributed by atoms with Crippen LogP contribution in [0.3, 0.4) is 0 Å². The molecule has 0 aromatic carbocycles. The van der Waals surface area contributed by atoms with Gasteiger partial charge in [0.25, 0.3) is 0 Å². The second-order valence-corrected chi connectivity index (χ2v) is 8.03. The molecule has 1 fully saturated rings. The Hall–Kier alpha value is -3.75. The molecule has 0 saturated carbocycles. The van der Waals surface area contributed by atoms with Gasteiger partial charge in [-0.1, -0.05) is 13.8 Å². The molecule has 168 valence electrons. The quantitative estimate of drug-likeness (QED) is 0.665. The summed E-state index contributed by atoms with van der Waals surface area (Å²) in [5.74, 6) is 1.25. The molecule has 0 unspecified atom stereocenters. The molecule has 9 heteroatoms. The van der Waals surface area contributed by atoms with E-state index in [0.29, 0.717) is 53.8 Å². The maximum Gasteiger partial charge on any atom is 0.329 e. The number of rotatable bonds is 6. The van der Waals surface area contributed by atoms with Gasteiger partial charge in [0, 0.05) is 48.8 Å². The van der Waals surface area contributed by atoms with Crippen LogP contribution in [0.5, 0.6) is 11.5 Å². The minimum atomic E-state index is -0.525. The van der Waals surface area contributed by atoms with Crippen LogP contribution in [0.1, 0.15) is 38.6 Å². The number of imide groups is 1. The minimum absolute atomic E-state index is 0.185. The fraction of sp³-hybridized carbons (Fsp3) is 0.348. The molecule has 0 atom stereocenters. The number of aryl methyl sites for hydroxylation is 1. The lowest BCUT2D eigenvalue weighted by Crippen LogP contribution is -2.39. The number of allylic oxidation sites excluding steroid dienone is 1. The number of likely N-dealkylation sites (tertiary alicyclic amines) is 1. The molecular weight excluding hydrogens is 408 g/mol. The van der Waals surface area contributed by atoms with Gasteiger partial charge < -0.3 is 10.5 Å².